The molecule has 2 aliphatic heterocycles. The zero-order chi connectivity index (χ0) is 26.6. The van der Waals surface area contributed by atoms with Crippen LogP contribution in [-0.2, 0) is 14.3 Å². The molecule has 0 spiro atoms. The zero-order valence-electron chi connectivity index (χ0n) is 20.5. The normalized spacial score (nSPS) is 16.8. The number of amides is 3. The maximum Gasteiger partial charge on any atom is 0.344 e. The number of ether oxygens (including phenoxy) is 3. The van der Waals surface area contributed by atoms with Crippen LogP contribution < -0.4 is 9.47 Å². The van der Waals surface area contributed by atoms with Crippen LogP contribution in [0, 0.1) is 0 Å². The van der Waals surface area contributed by atoms with E-state index in [-0.39, 0.29) is 23.1 Å². The molecule has 2 heterocycles. The Labute approximate surface area is 222 Å². The Bertz CT molecular complexity index is 1460. The van der Waals surface area contributed by atoms with Crippen LogP contribution in [0.15, 0.2) is 65.6 Å². The van der Waals surface area contributed by atoms with E-state index in [1.165, 1.54) is 13.2 Å². The first-order chi connectivity index (χ1) is 18.4. The number of esters is 1. The van der Waals surface area contributed by atoms with Gasteiger partial charge in [-0.15, -0.1) is 0 Å². The molecule has 0 saturated carbocycles. The van der Waals surface area contributed by atoms with Crippen molar-refractivity contribution in [3.8, 4) is 11.5 Å². The van der Waals surface area contributed by atoms with E-state index in [9.17, 15) is 19.2 Å². The zero-order valence-corrected chi connectivity index (χ0v) is 21.4. The number of fused-ring (bicyclic) bond motifs is 1. The second-order valence-corrected chi connectivity index (χ2v) is 9.58. The number of thioether (sulfide) groups is 1. The van der Waals surface area contributed by atoms with Crippen molar-refractivity contribution in [3.63, 3.8) is 0 Å². The fourth-order valence-corrected chi connectivity index (χ4v) is 5.10. The Kier molecular flexibility index (Phi) is 7.43. The molecule has 0 radical (unpaired) electrons. The molecule has 5 rings (SSSR count). The first kappa shape index (κ1) is 25.5. The molecule has 0 bridgehead atoms. The molecule has 2 saturated heterocycles. The van der Waals surface area contributed by atoms with Crippen LogP contribution in [-0.4, -0.2) is 72.8 Å². The van der Waals surface area contributed by atoms with E-state index in [4.69, 9.17) is 14.2 Å². The highest BCUT2D eigenvalue weighted by atomic mass is 32.2. The summed E-state index contributed by atoms with van der Waals surface area (Å²) in [6.07, 6.45) is 1.53. The van der Waals surface area contributed by atoms with E-state index < -0.39 is 17.1 Å². The second kappa shape index (κ2) is 11.1. The number of rotatable bonds is 6. The van der Waals surface area contributed by atoms with Crippen molar-refractivity contribution in [2.75, 3.05) is 40.0 Å². The van der Waals surface area contributed by atoms with Crippen molar-refractivity contribution in [2.45, 2.75) is 0 Å². The third-order valence-electron chi connectivity index (χ3n) is 6.23. The number of carbonyl (C=O) groups excluding carboxylic acids is 4. The average molecular weight is 533 g/mol. The highest BCUT2D eigenvalue weighted by Gasteiger charge is 2.37. The number of morpholine rings is 1. The maximum atomic E-state index is 13.1. The molecule has 38 heavy (non-hydrogen) atoms. The van der Waals surface area contributed by atoms with Gasteiger partial charge in [0.2, 0.25) is 5.91 Å². The SMILES string of the molecule is COc1ccc(/C=C2\SC(=O)N(CC(=O)N3CCOCC3)C2=O)cc1OC(=O)c1cccc2ccccc12. The molecule has 0 unspecified atom stereocenters. The highest BCUT2D eigenvalue weighted by molar-refractivity contribution is 8.18. The quantitative estimate of drug-likeness (QED) is 0.267. The lowest BCUT2D eigenvalue weighted by molar-refractivity contribution is -0.139. The summed E-state index contributed by atoms with van der Waals surface area (Å²) in [5.41, 5.74) is 0.929. The summed E-state index contributed by atoms with van der Waals surface area (Å²) in [5.74, 6) is -0.907. The summed E-state index contributed by atoms with van der Waals surface area (Å²) in [7, 11) is 1.46. The lowest BCUT2D eigenvalue weighted by Crippen LogP contribution is -2.46. The molecule has 9 nitrogen and oxygen atoms in total. The second-order valence-electron chi connectivity index (χ2n) is 8.59. The molecule has 194 valence electrons. The van der Waals surface area contributed by atoms with Gasteiger partial charge >= 0.3 is 5.97 Å². The fourth-order valence-electron chi connectivity index (χ4n) is 4.26. The van der Waals surface area contributed by atoms with Crippen molar-refractivity contribution >= 4 is 51.6 Å². The minimum atomic E-state index is -0.556. The maximum absolute atomic E-state index is 13.1. The van der Waals surface area contributed by atoms with Crippen LogP contribution in [0.5, 0.6) is 11.5 Å². The van der Waals surface area contributed by atoms with Crippen LogP contribution in [0.1, 0.15) is 15.9 Å². The number of imide groups is 1. The third-order valence-corrected chi connectivity index (χ3v) is 7.14. The Morgan fingerprint density at radius 2 is 1.76 bits per heavy atom. The predicted octanol–water partition coefficient (Wildman–Crippen LogP) is 3.96. The van der Waals surface area contributed by atoms with E-state index in [1.807, 2.05) is 30.3 Å². The minimum absolute atomic E-state index is 0.168. The summed E-state index contributed by atoms with van der Waals surface area (Å²) in [6.45, 7) is 1.39. The van der Waals surface area contributed by atoms with Crippen LogP contribution in [0.2, 0.25) is 0 Å². The smallest absolute Gasteiger partial charge is 0.344 e. The first-order valence-electron chi connectivity index (χ1n) is 11.9. The summed E-state index contributed by atoms with van der Waals surface area (Å²) < 4.78 is 16.3. The van der Waals surface area contributed by atoms with Crippen molar-refractivity contribution in [2.24, 2.45) is 0 Å². The van der Waals surface area contributed by atoms with Gasteiger partial charge in [0, 0.05) is 13.1 Å². The van der Waals surface area contributed by atoms with Crippen LogP contribution in [0.25, 0.3) is 16.8 Å². The number of nitrogens with zero attached hydrogens (tertiary/aromatic N) is 2. The predicted molar refractivity (Wildman–Crippen MR) is 142 cm³/mol. The topological polar surface area (TPSA) is 102 Å². The van der Waals surface area contributed by atoms with Gasteiger partial charge in [0.05, 0.1) is 30.8 Å². The lowest BCUT2D eigenvalue weighted by Gasteiger charge is -2.28. The molecule has 2 aliphatic rings. The van der Waals surface area contributed by atoms with E-state index in [1.54, 1.807) is 35.2 Å². The van der Waals surface area contributed by atoms with Crippen LogP contribution in [0.4, 0.5) is 4.79 Å². The average Bonchev–Trinajstić information content (AvgIpc) is 3.20. The Morgan fingerprint density at radius 3 is 2.55 bits per heavy atom. The van der Waals surface area contributed by atoms with Crippen molar-refractivity contribution in [3.05, 3.63) is 76.7 Å². The van der Waals surface area contributed by atoms with Gasteiger partial charge < -0.3 is 19.1 Å². The van der Waals surface area contributed by atoms with E-state index >= 15 is 0 Å². The summed E-state index contributed by atoms with van der Waals surface area (Å²) in [6, 6.07) is 17.7. The van der Waals surface area contributed by atoms with Crippen molar-refractivity contribution in [1.82, 2.24) is 9.80 Å². The molecule has 3 aromatic carbocycles. The van der Waals surface area contributed by atoms with E-state index in [0.717, 1.165) is 27.4 Å². The third kappa shape index (κ3) is 5.27. The molecule has 2 fully saturated rings. The molecule has 0 N–H and O–H groups in total. The van der Waals surface area contributed by atoms with Gasteiger partial charge in [0.25, 0.3) is 11.1 Å². The number of hydrogen-bond donors (Lipinski definition) is 0. The number of carbonyl (C=O) groups is 4. The Hall–Kier alpha value is -4.15. The summed E-state index contributed by atoms with van der Waals surface area (Å²) in [5, 5.41) is 1.15. The monoisotopic (exact) mass is 532 g/mol. The van der Waals surface area contributed by atoms with Gasteiger partial charge in [-0.2, -0.15) is 0 Å². The van der Waals surface area contributed by atoms with Crippen LogP contribution in [0.3, 0.4) is 0 Å². The molecule has 3 amide bonds. The van der Waals surface area contributed by atoms with Gasteiger partial charge in [-0.3, -0.25) is 19.3 Å². The van der Waals surface area contributed by atoms with Crippen LogP contribution >= 0.6 is 11.8 Å². The largest absolute Gasteiger partial charge is 0.493 e. The van der Waals surface area contributed by atoms with Gasteiger partial charge in [-0.05, 0) is 52.4 Å². The van der Waals surface area contributed by atoms with Crippen molar-refractivity contribution in [1.29, 1.82) is 0 Å². The summed E-state index contributed by atoms with van der Waals surface area (Å²) in [4.78, 5) is 53.8. The molecule has 0 aliphatic carbocycles. The highest BCUT2D eigenvalue weighted by Crippen LogP contribution is 2.35. The summed E-state index contributed by atoms with van der Waals surface area (Å²) >= 11 is 0.757. The lowest BCUT2D eigenvalue weighted by atomic mass is 10.0. The number of methoxy groups -OCH3 is 1. The standard InChI is InChI=1S/C28H24N2O7S/c1-35-22-10-9-18(15-23(22)37-27(33)21-8-4-6-19-5-2-3-7-20(19)21)16-24-26(32)30(28(34)38-24)17-25(31)29-11-13-36-14-12-29/h2-10,15-16H,11-14,17H2,1H3/b24-16-. The fraction of sp³-hybridized carbons (Fsp3) is 0.214. The first-order valence-corrected chi connectivity index (χ1v) is 12.7. The number of benzene rings is 3. The molecule has 0 aromatic heterocycles. The van der Waals surface area contributed by atoms with E-state index in [2.05, 4.69) is 0 Å². The van der Waals surface area contributed by atoms with Gasteiger partial charge in [0.15, 0.2) is 11.5 Å². The number of hydrogen-bond acceptors (Lipinski definition) is 8. The molecular weight excluding hydrogens is 508 g/mol. The minimum Gasteiger partial charge on any atom is -0.493 e. The molecule has 10 heteroatoms. The molecule has 3 aromatic rings. The van der Waals surface area contributed by atoms with Gasteiger partial charge in [-0.1, -0.05) is 42.5 Å². The van der Waals surface area contributed by atoms with Gasteiger partial charge in [-0.25, -0.2) is 4.79 Å². The van der Waals surface area contributed by atoms with Crippen molar-refractivity contribution < 1.29 is 33.4 Å². The Morgan fingerprint density at radius 1 is 1.00 bits per heavy atom. The Balaban J connectivity index is 1.35. The molecule has 0 atom stereocenters. The van der Waals surface area contributed by atoms with E-state index in [0.29, 0.717) is 43.2 Å². The van der Waals surface area contributed by atoms with Gasteiger partial charge in [0.1, 0.15) is 6.54 Å². The molecular formula is C28H24N2O7S.